The Morgan fingerprint density at radius 1 is 1.54 bits per heavy atom. The zero-order valence-electron chi connectivity index (χ0n) is 7.83. The van der Waals surface area contributed by atoms with Gasteiger partial charge >= 0.3 is 0 Å². The minimum atomic E-state index is -1.30. The molecule has 0 aliphatic rings. The van der Waals surface area contributed by atoms with Crippen LogP contribution < -0.4 is 5.73 Å². The van der Waals surface area contributed by atoms with Crippen LogP contribution in [0.5, 0.6) is 0 Å². The first-order chi connectivity index (χ1) is 6.20. The first kappa shape index (κ1) is 10.1. The monoisotopic (exact) mass is 182 g/mol. The molecule has 1 heterocycles. The molecule has 72 valence electrons. The number of hydrogen-bond donors (Lipinski definition) is 1. The summed E-state index contributed by atoms with van der Waals surface area (Å²) in [7, 11) is 0. The predicted molar refractivity (Wildman–Crippen MR) is 51.1 cm³/mol. The van der Waals surface area contributed by atoms with Crippen LogP contribution in [0.2, 0.25) is 0 Å². The van der Waals surface area contributed by atoms with Crippen LogP contribution in [0.4, 0.5) is 4.39 Å². The van der Waals surface area contributed by atoms with Gasteiger partial charge in [-0.15, -0.1) is 0 Å². The van der Waals surface area contributed by atoms with E-state index in [-0.39, 0.29) is 6.54 Å². The minimum Gasteiger partial charge on any atom is -0.328 e. The summed E-state index contributed by atoms with van der Waals surface area (Å²) in [6.45, 7) is 1.86. The van der Waals surface area contributed by atoms with Gasteiger partial charge < -0.3 is 5.73 Å². The van der Waals surface area contributed by atoms with Gasteiger partial charge in [-0.25, -0.2) is 4.39 Å². The molecular weight excluding hydrogens is 167 g/mol. The lowest BCUT2D eigenvalue weighted by molar-refractivity contribution is 0.166. The summed E-state index contributed by atoms with van der Waals surface area (Å²) in [5, 5.41) is 0. The topological polar surface area (TPSA) is 38.9 Å². The Morgan fingerprint density at radius 3 is 2.77 bits per heavy atom. The maximum absolute atomic E-state index is 13.8. The van der Waals surface area contributed by atoms with Crippen LogP contribution in [0.3, 0.4) is 0 Å². The van der Waals surface area contributed by atoms with E-state index in [0.717, 1.165) is 5.69 Å². The van der Waals surface area contributed by atoms with Crippen LogP contribution in [0.15, 0.2) is 24.4 Å². The average molecular weight is 182 g/mol. The molecule has 2 nitrogen and oxygen atoms in total. The van der Waals surface area contributed by atoms with Crippen LogP contribution in [0.1, 0.15) is 19.0 Å². The van der Waals surface area contributed by atoms with Crippen LogP contribution >= 0.6 is 0 Å². The van der Waals surface area contributed by atoms with E-state index in [1.807, 2.05) is 18.2 Å². The van der Waals surface area contributed by atoms with Gasteiger partial charge in [0.1, 0.15) is 5.67 Å². The molecule has 0 amide bonds. The standard InChI is InChI=1S/C10H15FN2/c1-2-10(11,8-12)7-9-5-3-4-6-13-9/h3-6H,2,7-8,12H2,1H3. The highest BCUT2D eigenvalue weighted by Crippen LogP contribution is 2.19. The van der Waals surface area contributed by atoms with Gasteiger partial charge in [-0.05, 0) is 18.6 Å². The summed E-state index contributed by atoms with van der Waals surface area (Å²) >= 11 is 0. The van der Waals surface area contributed by atoms with Gasteiger partial charge in [0.05, 0.1) is 0 Å². The van der Waals surface area contributed by atoms with E-state index in [4.69, 9.17) is 5.73 Å². The van der Waals surface area contributed by atoms with Crippen molar-refractivity contribution < 1.29 is 4.39 Å². The summed E-state index contributed by atoms with van der Waals surface area (Å²) in [5.41, 5.74) is 4.83. The number of nitrogens with zero attached hydrogens (tertiary/aromatic N) is 1. The largest absolute Gasteiger partial charge is 0.328 e. The van der Waals surface area contributed by atoms with Crippen molar-refractivity contribution in [2.75, 3.05) is 6.54 Å². The van der Waals surface area contributed by atoms with Gasteiger partial charge in [0.2, 0.25) is 0 Å². The molecule has 0 aliphatic heterocycles. The van der Waals surface area contributed by atoms with Crippen LogP contribution in [0.25, 0.3) is 0 Å². The molecule has 2 N–H and O–H groups in total. The van der Waals surface area contributed by atoms with Crippen molar-refractivity contribution >= 4 is 0 Å². The van der Waals surface area contributed by atoms with Crippen LogP contribution in [-0.4, -0.2) is 17.2 Å². The quantitative estimate of drug-likeness (QED) is 0.769. The van der Waals surface area contributed by atoms with E-state index in [0.29, 0.717) is 12.8 Å². The highest BCUT2D eigenvalue weighted by molar-refractivity contribution is 5.07. The van der Waals surface area contributed by atoms with Crippen molar-refractivity contribution in [1.82, 2.24) is 4.98 Å². The first-order valence-electron chi connectivity index (χ1n) is 4.49. The van der Waals surface area contributed by atoms with Gasteiger partial charge in [0.15, 0.2) is 0 Å². The summed E-state index contributed by atoms with van der Waals surface area (Å²) in [4.78, 5) is 4.06. The van der Waals surface area contributed by atoms with Gasteiger partial charge in [-0.3, -0.25) is 4.98 Å². The number of hydrogen-bond acceptors (Lipinski definition) is 2. The van der Waals surface area contributed by atoms with Crippen molar-refractivity contribution in [3.05, 3.63) is 30.1 Å². The van der Waals surface area contributed by atoms with Gasteiger partial charge in [-0.2, -0.15) is 0 Å². The number of nitrogens with two attached hydrogens (primary N) is 1. The highest BCUT2D eigenvalue weighted by Gasteiger charge is 2.26. The molecule has 0 radical (unpaired) electrons. The van der Waals surface area contributed by atoms with Crippen molar-refractivity contribution in [2.45, 2.75) is 25.4 Å². The molecule has 0 saturated carbocycles. The summed E-state index contributed by atoms with van der Waals surface area (Å²) in [5.74, 6) is 0. The first-order valence-corrected chi connectivity index (χ1v) is 4.49. The number of aromatic nitrogens is 1. The van der Waals surface area contributed by atoms with Gasteiger partial charge in [0, 0.05) is 24.9 Å². The smallest absolute Gasteiger partial charge is 0.128 e. The third-order valence-corrected chi connectivity index (χ3v) is 2.22. The Labute approximate surface area is 78.0 Å². The summed E-state index contributed by atoms with van der Waals surface area (Å²) in [6, 6.07) is 5.49. The summed E-state index contributed by atoms with van der Waals surface area (Å²) in [6.07, 6.45) is 2.41. The molecule has 0 aromatic carbocycles. The molecule has 0 aliphatic carbocycles. The Bertz CT molecular complexity index is 244. The lowest BCUT2D eigenvalue weighted by Gasteiger charge is -2.20. The Kier molecular flexibility index (Phi) is 3.37. The fraction of sp³-hybridized carbons (Fsp3) is 0.500. The Morgan fingerprint density at radius 2 is 2.31 bits per heavy atom. The minimum absolute atomic E-state index is 0.0556. The molecule has 1 atom stereocenters. The van der Waals surface area contributed by atoms with E-state index in [1.54, 1.807) is 13.1 Å². The Balaban J connectivity index is 2.68. The fourth-order valence-electron chi connectivity index (χ4n) is 1.17. The van der Waals surface area contributed by atoms with Crippen LogP contribution in [0, 0.1) is 0 Å². The second-order valence-electron chi connectivity index (χ2n) is 3.21. The number of pyridine rings is 1. The molecule has 13 heavy (non-hydrogen) atoms. The van der Waals surface area contributed by atoms with E-state index in [1.165, 1.54) is 0 Å². The molecule has 1 unspecified atom stereocenters. The zero-order valence-corrected chi connectivity index (χ0v) is 7.83. The number of rotatable bonds is 4. The van der Waals surface area contributed by atoms with Crippen molar-refractivity contribution in [2.24, 2.45) is 5.73 Å². The molecule has 1 aromatic rings. The molecule has 0 saturated heterocycles. The number of alkyl halides is 1. The maximum atomic E-state index is 13.8. The highest BCUT2D eigenvalue weighted by atomic mass is 19.1. The van der Waals surface area contributed by atoms with E-state index in [2.05, 4.69) is 4.98 Å². The maximum Gasteiger partial charge on any atom is 0.128 e. The molecule has 1 rings (SSSR count). The molecule has 0 fully saturated rings. The Hall–Kier alpha value is -0.960. The average Bonchev–Trinajstić information content (AvgIpc) is 2.19. The third kappa shape index (κ3) is 2.77. The number of halogens is 1. The predicted octanol–water partition coefficient (Wildman–Crippen LogP) is 1.70. The van der Waals surface area contributed by atoms with E-state index >= 15 is 0 Å². The van der Waals surface area contributed by atoms with Gasteiger partial charge in [-0.1, -0.05) is 13.0 Å². The van der Waals surface area contributed by atoms with E-state index in [9.17, 15) is 4.39 Å². The normalized spacial score (nSPS) is 15.3. The molecule has 1 aromatic heterocycles. The SMILES string of the molecule is CCC(F)(CN)Cc1ccccn1. The zero-order chi connectivity index (χ0) is 9.73. The second-order valence-corrected chi connectivity index (χ2v) is 3.21. The van der Waals surface area contributed by atoms with E-state index < -0.39 is 5.67 Å². The molecule has 3 heteroatoms. The van der Waals surface area contributed by atoms with Crippen LogP contribution in [-0.2, 0) is 6.42 Å². The van der Waals surface area contributed by atoms with Gasteiger partial charge in [0.25, 0.3) is 0 Å². The van der Waals surface area contributed by atoms with Crippen molar-refractivity contribution in [3.63, 3.8) is 0 Å². The molecule has 0 spiro atoms. The lowest BCUT2D eigenvalue weighted by atomic mass is 9.97. The third-order valence-electron chi connectivity index (χ3n) is 2.22. The molecule has 0 bridgehead atoms. The van der Waals surface area contributed by atoms with Crippen molar-refractivity contribution in [3.8, 4) is 0 Å². The molecular formula is C10H15FN2. The second kappa shape index (κ2) is 4.33. The summed E-state index contributed by atoms with van der Waals surface area (Å²) < 4.78 is 13.8. The fourth-order valence-corrected chi connectivity index (χ4v) is 1.17. The lowest BCUT2D eigenvalue weighted by Crippen LogP contribution is -2.34. The van der Waals surface area contributed by atoms with Crippen molar-refractivity contribution in [1.29, 1.82) is 0 Å².